The number of carboxylic acids is 1. The smallest absolute Gasteiger partial charge is 0.471 e. The number of hydrogen-bond acceptors (Lipinski definition) is 3. The van der Waals surface area contributed by atoms with Crippen molar-refractivity contribution in [1.29, 1.82) is 0 Å². The number of carbonyl (C=O) groups is 3. The first-order valence-electron chi connectivity index (χ1n) is 9.23. The first-order chi connectivity index (χ1) is 12.3. The second-order valence-electron chi connectivity index (χ2n) is 9.12. The Labute approximate surface area is 155 Å². The van der Waals surface area contributed by atoms with Crippen LogP contribution in [0.15, 0.2) is 0 Å². The summed E-state index contributed by atoms with van der Waals surface area (Å²) in [5, 5.41) is 11.5. The predicted molar refractivity (Wildman–Crippen MR) is 88.4 cm³/mol. The molecule has 2 bridgehead atoms. The van der Waals surface area contributed by atoms with Gasteiger partial charge in [-0.25, -0.2) is 4.79 Å². The summed E-state index contributed by atoms with van der Waals surface area (Å²) in [6, 6.07) is -2.49. The minimum Gasteiger partial charge on any atom is -0.480 e. The van der Waals surface area contributed by atoms with E-state index in [4.69, 9.17) is 0 Å². The molecule has 1 saturated heterocycles. The molecule has 152 valence electrons. The highest BCUT2D eigenvalue weighted by Gasteiger charge is 2.60. The van der Waals surface area contributed by atoms with Gasteiger partial charge in [0.1, 0.15) is 12.1 Å². The quantitative estimate of drug-likeness (QED) is 0.772. The maximum absolute atomic E-state index is 13.1. The second kappa shape index (κ2) is 6.38. The van der Waals surface area contributed by atoms with Crippen molar-refractivity contribution in [2.75, 3.05) is 6.54 Å². The fourth-order valence-corrected chi connectivity index (χ4v) is 5.32. The van der Waals surface area contributed by atoms with Crippen molar-refractivity contribution >= 4 is 17.8 Å². The van der Waals surface area contributed by atoms with Crippen molar-refractivity contribution in [3.63, 3.8) is 0 Å². The van der Waals surface area contributed by atoms with Gasteiger partial charge in [-0.05, 0) is 48.3 Å². The Morgan fingerprint density at radius 1 is 1.11 bits per heavy atom. The zero-order chi connectivity index (χ0) is 20.3. The van der Waals surface area contributed by atoms with E-state index in [1.807, 2.05) is 0 Å². The monoisotopic (exact) mass is 390 g/mol. The summed E-state index contributed by atoms with van der Waals surface area (Å²) >= 11 is 0. The van der Waals surface area contributed by atoms with Crippen LogP contribution < -0.4 is 5.32 Å². The van der Waals surface area contributed by atoms with Gasteiger partial charge in [0.2, 0.25) is 5.91 Å². The lowest BCUT2D eigenvalue weighted by atomic mass is 9.78. The first-order valence-corrected chi connectivity index (χ1v) is 9.23. The van der Waals surface area contributed by atoms with Crippen molar-refractivity contribution in [3.8, 4) is 0 Å². The summed E-state index contributed by atoms with van der Waals surface area (Å²) in [5.41, 5.74) is -1.00. The summed E-state index contributed by atoms with van der Waals surface area (Å²) in [7, 11) is 0. The number of amides is 2. The van der Waals surface area contributed by atoms with Gasteiger partial charge < -0.3 is 15.3 Å². The molecule has 2 saturated carbocycles. The summed E-state index contributed by atoms with van der Waals surface area (Å²) in [6.45, 7) is 4.86. The second-order valence-corrected chi connectivity index (χ2v) is 9.12. The normalized spacial score (nSPS) is 33.7. The number of nitrogens with one attached hydrogen (secondary N) is 1. The van der Waals surface area contributed by atoms with Crippen LogP contribution in [0.1, 0.15) is 40.0 Å². The Hall–Kier alpha value is -1.80. The average Bonchev–Trinajstić information content (AvgIpc) is 3.19. The number of alkyl halides is 3. The molecule has 0 aromatic heterocycles. The zero-order valence-electron chi connectivity index (χ0n) is 15.5. The minimum absolute atomic E-state index is 0.0766. The Morgan fingerprint density at radius 3 is 2.22 bits per heavy atom. The Morgan fingerprint density at radius 2 is 1.70 bits per heavy atom. The molecule has 1 heterocycles. The van der Waals surface area contributed by atoms with Crippen molar-refractivity contribution in [1.82, 2.24) is 10.2 Å². The topological polar surface area (TPSA) is 86.7 Å². The largest absolute Gasteiger partial charge is 0.480 e. The van der Waals surface area contributed by atoms with E-state index in [9.17, 15) is 32.7 Å². The standard InChI is InChI=1S/C18H25F3N2O4/c1-17(2,3)13(22-16(27)18(19,20)21)14(24)23-7-10-8-4-5-9(6-8)11(10)12(23)15(25)26/h8-13H,4-7H2,1-3H3,(H,22,27)(H,25,26)/t8-,9+,10-,11+,12+,13-/m1/s1. The fourth-order valence-electron chi connectivity index (χ4n) is 5.32. The third-order valence-corrected chi connectivity index (χ3v) is 6.45. The van der Waals surface area contributed by atoms with Gasteiger partial charge in [-0.1, -0.05) is 20.8 Å². The SMILES string of the molecule is CC(C)(C)[C@H](NC(=O)C(F)(F)F)C(=O)N1C[C@@H]2[C@@H]3CC[C@@H](C3)[C@@H]2[C@H]1C(=O)O. The molecular formula is C18H25F3N2O4. The van der Waals surface area contributed by atoms with Gasteiger partial charge in [0.15, 0.2) is 0 Å². The molecule has 0 radical (unpaired) electrons. The molecule has 0 aromatic rings. The number of hydrogen-bond donors (Lipinski definition) is 2. The van der Waals surface area contributed by atoms with Gasteiger partial charge in [-0.15, -0.1) is 0 Å². The molecule has 6 atom stereocenters. The van der Waals surface area contributed by atoms with Gasteiger partial charge in [0.25, 0.3) is 0 Å². The van der Waals surface area contributed by atoms with E-state index < -0.39 is 41.5 Å². The summed E-state index contributed by atoms with van der Waals surface area (Å²) < 4.78 is 38.1. The number of carboxylic acid groups (broad SMARTS) is 1. The Bertz CT molecular complexity index is 658. The molecule has 1 aliphatic heterocycles. The van der Waals surface area contributed by atoms with Crippen LogP contribution in [0.3, 0.4) is 0 Å². The van der Waals surface area contributed by atoms with E-state index in [1.165, 1.54) is 4.90 Å². The number of aliphatic carboxylic acids is 1. The van der Waals surface area contributed by atoms with Crippen molar-refractivity contribution < 1.29 is 32.7 Å². The van der Waals surface area contributed by atoms with Crippen molar-refractivity contribution in [2.24, 2.45) is 29.1 Å². The van der Waals surface area contributed by atoms with Gasteiger partial charge in [0.05, 0.1) is 0 Å². The third-order valence-electron chi connectivity index (χ3n) is 6.45. The van der Waals surface area contributed by atoms with E-state index in [-0.39, 0.29) is 24.3 Å². The van der Waals surface area contributed by atoms with E-state index in [0.29, 0.717) is 5.92 Å². The average molecular weight is 390 g/mol. The summed E-state index contributed by atoms with van der Waals surface area (Å²) in [5.74, 6) is -3.52. The molecule has 2 N–H and O–H groups in total. The van der Waals surface area contributed by atoms with Crippen LogP contribution in [-0.4, -0.2) is 52.6 Å². The Balaban J connectivity index is 1.87. The van der Waals surface area contributed by atoms with Crippen LogP contribution in [0.4, 0.5) is 13.2 Å². The van der Waals surface area contributed by atoms with Crippen LogP contribution in [0, 0.1) is 29.1 Å². The van der Waals surface area contributed by atoms with Crippen molar-refractivity contribution in [3.05, 3.63) is 0 Å². The van der Waals surface area contributed by atoms with Gasteiger partial charge >= 0.3 is 18.1 Å². The molecule has 3 aliphatic rings. The number of fused-ring (bicyclic) bond motifs is 5. The number of likely N-dealkylation sites (tertiary alicyclic amines) is 1. The van der Waals surface area contributed by atoms with Crippen LogP contribution in [-0.2, 0) is 14.4 Å². The molecule has 0 aromatic carbocycles. The van der Waals surface area contributed by atoms with Crippen LogP contribution in [0.5, 0.6) is 0 Å². The van der Waals surface area contributed by atoms with Crippen LogP contribution in [0.25, 0.3) is 0 Å². The van der Waals surface area contributed by atoms with E-state index in [2.05, 4.69) is 0 Å². The van der Waals surface area contributed by atoms with Gasteiger partial charge in [0, 0.05) is 6.54 Å². The molecule has 27 heavy (non-hydrogen) atoms. The molecule has 0 unspecified atom stereocenters. The molecule has 3 rings (SSSR count). The highest BCUT2D eigenvalue weighted by Crippen LogP contribution is 2.57. The fraction of sp³-hybridized carbons (Fsp3) is 0.833. The Kier molecular flexibility index (Phi) is 4.71. The number of rotatable bonds is 3. The molecule has 3 fully saturated rings. The lowest BCUT2D eigenvalue weighted by Gasteiger charge is -2.36. The van der Waals surface area contributed by atoms with E-state index in [0.717, 1.165) is 19.3 Å². The van der Waals surface area contributed by atoms with Crippen LogP contribution >= 0.6 is 0 Å². The number of carbonyl (C=O) groups excluding carboxylic acids is 2. The maximum atomic E-state index is 13.1. The lowest BCUT2D eigenvalue weighted by molar-refractivity contribution is -0.176. The summed E-state index contributed by atoms with van der Waals surface area (Å²) in [6.07, 6.45) is -2.20. The number of nitrogens with zero attached hydrogens (tertiary/aromatic N) is 1. The molecule has 2 amide bonds. The van der Waals surface area contributed by atoms with Crippen LogP contribution in [0.2, 0.25) is 0 Å². The number of halogens is 3. The van der Waals surface area contributed by atoms with E-state index >= 15 is 0 Å². The highest BCUT2D eigenvalue weighted by molar-refractivity contribution is 5.93. The van der Waals surface area contributed by atoms with Crippen molar-refractivity contribution in [2.45, 2.75) is 58.3 Å². The van der Waals surface area contributed by atoms with Gasteiger partial charge in [-0.2, -0.15) is 13.2 Å². The maximum Gasteiger partial charge on any atom is 0.471 e. The first kappa shape index (κ1) is 19.9. The minimum atomic E-state index is -5.11. The van der Waals surface area contributed by atoms with E-state index in [1.54, 1.807) is 26.1 Å². The lowest BCUT2D eigenvalue weighted by Crippen LogP contribution is -2.59. The summed E-state index contributed by atoms with van der Waals surface area (Å²) in [4.78, 5) is 37.7. The van der Waals surface area contributed by atoms with Gasteiger partial charge in [-0.3, -0.25) is 9.59 Å². The molecule has 2 aliphatic carbocycles. The molecule has 9 heteroatoms. The molecular weight excluding hydrogens is 365 g/mol. The molecule has 0 spiro atoms. The highest BCUT2D eigenvalue weighted by atomic mass is 19.4. The zero-order valence-corrected chi connectivity index (χ0v) is 15.5. The molecule has 6 nitrogen and oxygen atoms in total. The third kappa shape index (κ3) is 3.40. The predicted octanol–water partition coefficient (Wildman–Crippen LogP) is 2.04.